The van der Waals surface area contributed by atoms with Gasteiger partial charge in [-0.15, -0.1) is 5.10 Å². The Morgan fingerprint density at radius 2 is 1.89 bits per heavy atom. The van der Waals surface area contributed by atoms with Gasteiger partial charge in [0.25, 0.3) is 5.56 Å². The Morgan fingerprint density at radius 1 is 1.08 bits per heavy atom. The van der Waals surface area contributed by atoms with Crippen molar-refractivity contribution in [1.29, 1.82) is 0 Å². The van der Waals surface area contributed by atoms with Gasteiger partial charge in [0.2, 0.25) is 6.79 Å². The van der Waals surface area contributed by atoms with Crippen molar-refractivity contribution in [2.45, 2.75) is 65.7 Å². The van der Waals surface area contributed by atoms with Gasteiger partial charge in [-0.1, -0.05) is 25.1 Å². The summed E-state index contributed by atoms with van der Waals surface area (Å²) < 4.78 is 13.0. The van der Waals surface area contributed by atoms with Crippen molar-refractivity contribution in [2.24, 2.45) is 0 Å². The third-order valence-electron chi connectivity index (χ3n) is 6.53. The van der Waals surface area contributed by atoms with E-state index in [-0.39, 0.29) is 23.9 Å². The predicted octanol–water partition coefficient (Wildman–Crippen LogP) is 4.46. The molecule has 9 nitrogen and oxygen atoms in total. The van der Waals surface area contributed by atoms with E-state index in [1.165, 1.54) is 0 Å². The third kappa shape index (κ3) is 4.70. The Balaban J connectivity index is 1.55. The Kier molecular flexibility index (Phi) is 6.26. The maximum absolute atomic E-state index is 13.1. The van der Waals surface area contributed by atoms with E-state index in [1.54, 1.807) is 0 Å². The van der Waals surface area contributed by atoms with E-state index in [2.05, 4.69) is 59.2 Å². The van der Waals surface area contributed by atoms with Crippen LogP contribution in [-0.2, 0) is 18.6 Å². The van der Waals surface area contributed by atoms with Crippen LogP contribution < -0.4 is 15.0 Å². The van der Waals surface area contributed by atoms with Crippen molar-refractivity contribution in [2.75, 3.05) is 6.79 Å². The first-order valence-electron chi connectivity index (χ1n) is 12.3. The molecule has 0 bridgehead atoms. The van der Waals surface area contributed by atoms with Gasteiger partial charge >= 0.3 is 0 Å². The Labute approximate surface area is 210 Å². The third-order valence-corrected chi connectivity index (χ3v) is 6.53. The summed E-state index contributed by atoms with van der Waals surface area (Å²) in [7, 11) is 0. The molecule has 0 saturated carbocycles. The molecule has 0 radical (unpaired) electrons. The fraction of sp³-hybridized carbons (Fsp3) is 0.407. The number of benzene rings is 2. The molecular formula is C27H32N6O3. The summed E-state index contributed by atoms with van der Waals surface area (Å²) in [6, 6.07) is 13.9. The number of ether oxygens (including phenoxy) is 2. The minimum Gasteiger partial charge on any atom is -0.454 e. The number of pyridine rings is 1. The number of nitrogens with zero attached hydrogens (tertiary/aromatic N) is 5. The molecule has 3 heterocycles. The lowest BCUT2D eigenvalue weighted by Crippen LogP contribution is -2.35. The smallest absolute Gasteiger partial charge is 0.252 e. The highest BCUT2D eigenvalue weighted by atomic mass is 16.7. The monoisotopic (exact) mass is 488 g/mol. The second-order valence-electron chi connectivity index (χ2n) is 10.4. The highest BCUT2D eigenvalue weighted by molar-refractivity contribution is 5.79. The standard InChI is InChI=1S/C27H32N6O3/c1-6-22(25-29-30-31-33(25)27(3,4)5)32(14-18-8-10-23-24(12-18)36-16-35-23)15-20-13-19-9-7-17(2)11-21(19)28-26(20)34/h7-13,22H,6,14-16H2,1-5H3,(H,28,34). The number of hydrogen-bond donors (Lipinski definition) is 1. The maximum Gasteiger partial charge on any atom is 0.252 e. The summed E-state index contributed by atoms with van der Waals surface area (Å²) in [5.74, 6) is 2.26. The van der Waals surface area contributed by atoms with Crippen molar-refractivity contribution in [3.63, 3.8) is 0 Å². The summed E-state index contributed by atoms with van der Waals surface area (Å²) in [5.41, 5.74) is 3.33. The van der Waals surface area contributed by atoms with Gasteiger partial charge in [-0.3, -0.25) is 9.69 Å². The minimum absolute atomic E-state index is 0.0888. The predicted molar refractivity (Wildman–Crippen MR) is 137 cm³/mol. The molecule has 0 amide bonds. The van der Waals surface area contributed by atoms with E-state index in [1.807, 2.05) is 48.0 Å². The number of aromatic amines is 1. The van der Waals surface area contributed by atoms with Gasteiger partial charge in [-0.25, -0.2) is 4.68 Å². The Hall–Kier alpha value is -3.72. The highest BCUT2D eigenvalue weighted by Gasteiger charge is 2.30. The van der Waals surface area contributed by atoms with Crippen molar-refractivity contribution < 1.29 is 9.47 Å². The van der Waals surface area contributed by atoms with Crippen LogP contribution in [0.15, 0.2) is 47.3 Å². The SMILES string of the molecule is CCC(c1nnnn1C(C)(C)C)N(Cc1ccc2c(c1)OCO2)Cc1cc2ccc(C)cc2[nH]c1=O. The number of nitrogens with one attached hydrogen (secondary N) is 1. The van der Waals surface area contributed by atoms with Crippen molar-refractivity contribution >= 4 is 10.9 Å². The number of tetrazole rings is 1. The second-order valence-corrected chi connectivity index (χ2v) is 10.4. The molecule has 0 saturated heterocycles. The molecular weight excluding hydrogens is 456 g/mol. The van der Waals surface area contributed by atoms with Crippen LogP contribution in [-0.4, -0.2) is 36.9 Å². The normalized spacial score (nSPS) is 14.1. The average molecular weight is 489 g/mol. The van der Waals surface area contributed by atoms with Crippen LogP contribution in [0.5, 0.6) is 11.5 Å². The van der Waals surface area contributed by atoms with Gasteiger partial charge in [0.1, 0.15) is 0 Å². The second kappa shape index (κ2) is 9.39. The summed E-state index contributed by atoms with van der Waals surface area (Å²) >= 11 is 0. The Morgan fingerprint density at radius 3 is 2.67 bits per heavy atom. The molecule has 9 heteroatoms. The van der Waals surface area contributed by atoms with E-state index < -0.39 is 0 Å². The van der Waals surface area contributed by atoms with Crippen molar-refractivity contribution in [1.82, 2.24) is 30.1 Å². The first-order valence-corrected chi connectivity index (χ1v) is 12.3. The minimum atomic E-state index is -0.283. The van der Waals surface area contributed by atoms with Gasteiger partial charge in [-0.05, 0) is 85.3 Å². The zero-order valence-electron chi connectivity index (χ0n) is 21.4. The largest absolute Gasteiger partial charge is 0.454 e. The summed E-state index contributed by atoms with van der Waals surface area (Å²) in [5, 5.41) is 13.7. The van der Waals surface area contributed by atoms with Crippen LogP contribution in [0.1, 0.15) is 62.7 Å². The number of fused-ring (bicyclic) bond motifs is 2. The van der Waals surface area contributed by atoms with Gasteiger partial charge in [0, 0.05) is 24.2 Å². The molecule has 2 aromatic heterocycles. The summed E-state index contributed by atoms with van der Waals surface area (Å²) in [6.07, 6.45) is 0.770. The molecule has 1 aliphatic heterocycles. The van der Waals surface area contributed by atoms with Crippen LogP contribution in [0.4, 0.5) is 0 Å². The van der Waals surface area contributed by atoms with E-state index in [4.69, 9.17) is 9.47 Å². The van der Waals surface area contributed by atoms with Crippen molar-refractivity contribution in [3.8, 4) is 11.5 Å². The molecule has 36 heavy (non-hydrogen) atoms. The molecule has 1 aliphatic rings. The molecule has 1 N–H and O–H groups in total. The van der Waals surface area contributed by atoms with E-state index in [0.29, 0.717) is 18.7 Å². The molecule has 1 atom stereocenters. The average Bonchev–Trinajstić information content (AvgIpc) is 3.49. The van der Waals surface area contributed by atoms with Crippen molar-refractivity contribution in [3.05, 3.63) is 75.3 Å². The quantitative estimate of drug-likeness (QED) is 0.410. The lowest BCUT2D eigenvalue weighted by atomic mass is 10.0. The van der Waals surface area contributed by atoms with Crippen LogP contribution in [0.2, 0.25) is 0 Å². The summed E-state index contributed by atoms with van der Waals surface area (Å²) in [6.45, 7) is 11.6. The lowest BCUT2D eigenvalue weighted by Gasteiger charge is -2.32. The molecule has 4 aromatic rings. The molecule has 0 spiro atoms. The van der Waals surface area contributed by atoms with Gasteiger partial charge in [0.05, 0.1) is 11.6 Å². The number of aryl methyl sites for hydroxylation is 1. The van der Waals surface area contributed by atoms with E-state index >= 15 is 0 Å². The zero-order valence-corrected chi connectivity index (χ0v) is 21.4. The molecule has 2 aromatic carbocycles. The topological polar surface area (TPSA) is 98.2 Å². The highest BCUT2D eigenvalue weighted by Crippen LogP contribution is 2.34. The van der Waals surface area contributed by atoms with Crippen LogP contribution >= 0.6 is 0 Å². The first kappa shape index (κ1) is 24.0. The zero-order chi connectivity index (χ0) is 25.4. The lowest BCUT2D eigenvalue weighted by molar-refractivity contribution is 0.153. The summed E-state index contributed by atoms with van der Waals surface area (Å²) in [4.78, 5) is 18.5. The molecule has 1 unspecified atom stereocenters. The number of aromatic nitrogens is 5. The number of H-pyrrole nitrogens is 1. The fourth-order valence-electron chi connectivity index (χ4n) is 4.73. The molecule has 0 aliphatic carbocycles. The maximum atomic E-state index is 13.1. The van der Waals surface area contributed by atoms with Crippen LogP contribution in [0.25, 0.3) is 10.9 Å². The Bertz CT molecular complexity index is 1450. The fourth-order valence-corrected chi connectivity index (χ4v) is 4.73. The van der Waals surface area contributed by atoms with Crippen LogP contribution in [0, 0.1) is 6.92 Å². The molecule has 5 rings (SSSR count). The molecule has 0 fully saturated rings. The number of rotatable bonds is 7. The first-order chi connectivity index (χ1) is 17.2. The van der Waals surface area contributed by atoms with Crippen LogP contribution in [0.3, 0.4) is 0 Å². The number of hydrogen-bond acceptors (Lipinski definition) is 7. The van der Waals surface area contributed by atoms with Gasteiger partial charge in [-0.2, -0.15) is 0 Å². The van der Waals surface area contributed by atoms with E-state index in [9.17, 15) is 4.79 Å². The van der Waals surface area contributed by atoms with Gasteiger partial charge < -0.3 is 14.5 Å². The molecule has 188 valence electrons. The van der Waals surface area contributed by atoms with E-state index in [0.717, 1.165) is 45.8 Å². The van der Waals surface area contributed by atoms with Gasteiger partial charge in [0.15, 0.2) is 17.3 Å².